The molecule has 1 aliphatic carbocycles. The van der Waals surface area contributed by atoms with Crippen molar-refractivity contribution in [2.24, 2.45) is 0 Å². The number of hydrogen-bond donors (Lipinski definition) is 1. The highest BCUT2D eigenvalue weighted by Crippen LogP contribution is 2.30. The van der Waals surface area contributed by atoms with Gasteiger partial charge in [0.15, 0.2) is 0 Å². The predicted octanol–water partition coefficient (Wildman–Crippen LogP) is 2.03. The van der Waals surface area contributed by atoms with E-state index in [-0.39, 0.29) is 29.2 Å². The number of hydrogen-bond acceptors (Lipinski definition) is 4. The Morgan fingerprint density at radius 1 is 1.26 bits per heavy atom. The quantitative estimate of drug-likeness (QED) is 0.920. The van der Waals surface area contributed by atoms with Crippen LogP contribution in [0, 0.1) is 0 Å². The van der Waals surface area contributed by atoms with Gasteiger partial charge in [-0.1, -0.05) is 0 Å². The van der Waals surface area contributed by atoms with Crippen molar-refractivity contribution in [3.63, 3.8) is 0 Å². The second-order valence-electron chi connectivity index (χ2n) is 6.00. The highest BCUT2D eigenvalue weighted by atomic mass is 16.5. The maximum Gasteiger partial charge on any atom is 0.261 e. The molecule has 23 heavy (non-hydrogen) atoms. The summed E-state index contributed by atoms with van der Waals surface area (Å²) in [7, 11) is 0. The van der Waals surface area contributed by atoms with Crippen LogP contribution in [0.3, 0.4) is 0 Å². The van der Waals surface area contributed by atoms with E-state index in [9.17, 15) is 9.59 Å². The summed E-state index contributed by atoms with van der Waals surface area (Å²) in [5.41, 5.74) is 0.357. The Hall–Kier alpha value is -2.34. The van der Waals surface area contributed by atoms with Gasteiger partial charge in [0.2, 0.25) is 0 Å². The number of nitrogens with one attached hydrogen (secondary N) is 1. The lowest BCUT2D eigenvalue weighted by atomic mass is 10.1. The fourth-order valence-corrected chi connectivity index (χ4v) is 3.55. The van der Waals surface area contributed by atoms with E-state index >= 15 is 0 Å². The smallest absolute Gasteiger partial charge is 0.261 e. The lowest BCUT2D eigenvalue weighted by molar-refractivity contribution is -0.0446. The van der Waals surface area contributed by atoms with Crippen LogP contribution in [0.1, 0.15) is 29.6 Å². The van der Waals surface area contributed by atoms with E-state index in [1.807, 2.05) is 0 Å². The van der Waals surface area contributed by atoms with Crippen molar-refractivity contribution in [1.82, 2.24) is 9.88 Å². The summed E-state index contributed by atoms with van der Waals surface area (Å²) in [4.78, 5) is 29.7. The predicted molar refractivity (Wildman–Crippen MR) is 83.2 cm³/mol. The number of carbonyl (C=O) groups excluding carboxylic acids is 1. The number of aromatic amines is 1. The van der Waals surface area contributed by atoms with Crippen LogP contribution in [-0.2, 0) is 4.74 Å². The molecule has 2 aromatic rings. The highest BCUT2D eigenvalue weighted by Gasteiger charge is 2.39. The van der Waals surface area contributed by atoms with E-state index in [1.165, 1.54) is 0 Å². The lowest BCUT2D eigenvalue weighted by Gasteiger charge is -2.37. The first-order valence-corrected chi connectivity index (χ1v) is 7.94. The van der Waals surface area contributed by atoms with Gasteiger partial charge < -0.3 is 19.0 Å². The minimum atomic E-state index is -0.384. The summed E-state index contributed by atoms with van der Waals surface area (Å²) < 4.78 is 11.0. The van der Waals surface area contributed by atoms with Gasteiger partial charge in [-0.3, -0.25) is 9.59 Å². The topological polar surface area (TPSA) is 75.5 Å². The SMILES string of the molecule is O=C(c1ccc(-c2ccco2)[nH]c1=O)N1CCO[C@H]2CCC[C@@H]21. The first kappa shape index (κ1) is 14.3. The van der Waals surface area contributed by atoms with Crippen LogP contribution >= 0.6 is 0 Å². The van der Waals surface area contributed by atoms with Gasteiger partial charge in [0, 0.05) is 6.54 Å². The Morgan fingerprint density at radius 3 is 2.96 bits per heavy atom. The molecule has 2 fully saturated rings. The number of aromatic nitrogens is 1. The van der Waals surface area contributed by atoms with Crippen molar-refractivity contribution in [1.29, 1.82) is 0 Å². The van der Waals surface area contributed by atoms with Gasteiger partial charge >= 0.3 is 0 Å². The molecule has 6 heteroatoms. The number of nitrogens with zero attached hydrogens (tertiary/aromatic N) is 1. The second kappa shape index (κ2) is 5.70. The molecule has 3 heterocycles. The fraction of sp³-hybridized carbons (Fsp3) is 0.412. The average Bonchev–Trinajstić information content (AvgIpc) is 3.25. The van der Waals surface area contributed by atoms with Crippen molar-refractivity contribution < 1.29 is 13.9 Å². The zero-order valence-corrected chi connectivity index (χ0v) is 12.7. The number of furan rings is 1. The molecule has 0 unspecified atom stereocenters. The molecule has 1 aliphatic heterocycles. The van der Waals surface area contributed by atoms with Crippen molar-refractivity contribution in [2.45, 2.75) is 31.4 Å². The standard InChI is InChI=1S/C17H18N2O4/c20-16-11(6-7-12(18-16)14-5-2-9-22-14)17(21)19-8-10-23-15-4-1-3-13(15)19/h2,5-7,9,13,15H,1,3-4,8,10H2,(H,18,20)/t13-,15-/m0/s1. The number of ether oxygens (including phenoxy) is 1. The third kappa shape index (κ3) is 2.49. The highest BCUT2D eigenvalue weighted by molar-refractivity contribution is 5.94. The van der Waals surface area contributed by atoms with E-state index in [2.05, 4.69) is 4.98 Å². The van der Waals surface area contributed by atoms with Crippen LogP contribution in [0.4, 0.5) is 0 Å². The molecule has 0 bridgehead atoms. The first-order valence-electron chi connectivity index (χ1n) is 7.94. The summed E-state index contributed by atoms with van der Waals surface area (Å²) in [5, 5.41) is 0. The van der Waals surface area contributed by atoms with Gasteiger partial charge in [0.25, 0.3) is 11.5 Å². The third-order valence-electron chi connectivity index (χ3n) is 4.67. The summed E-state index contributed by atoms with van der Waals surface area (Å²) >= 11 is 0. The number of H-pyrrole nitrogens is 1. The maximum absolute atomic E-state index is 12.8. The fourth-order valence-electron chi connectivity index (χ4n) is 3.55. The van der Waals surface area contributed by atoms with Gasteiger partial charge in [0.05, 0.1) is 30.7 Å². The maximum atomic E-state index is 12.8. The zero-order valence-electron chi connectivity index (χ0n) is 12.7. The Morgan fingerprint density at radius 2 is 2.17 bits per heavy atom. The molecule has 1 saturated heterocycles. The second-order valence-corrected chi connectivity index (χ2v) is 6.00. The normalized spacial score (nSPS) is 23.7. The number of fused-ring (bicyclic) bond motifs is 1. The molecule has 1 saturated carbocycles. The van der Waals surface area contributed by atoms with Crippen LogP contribution in [0.25, 0.3) is 11.5 Å². The van der Waals surface area contributed by atoms with Crippen LogP contribution < -0.4 is 5.56 Å². The van der Waals surface area contributed by atoms with Crippen molar-refractivity contribution in [2.75, 3.05) is 13.2 Å². The molecular weight excluding hydrogens is 296 g/mol. The molecule has 2 aliphatic rings. The van der Waals surface area contributed by atoms with E-state index in [1.54, 1.807) is 35.4 Å². The minimum absolute atomic E-state index is 0.0976. The van der Waals surface area contributed by atoms with Crippen molar-refractivity contribution in [3.05, 3.63) is 46.4 Å². The van der Waals surface area contributed by atoms with Gasteiger partial charge in [-0.15, -0.1) is 0 Å². The Labute approximate surface area is 133 Å². The monoisotopic (exact) mass is 314 g/mol. The number of rotatable bonds is 2. The molecule has 120 valence electrons. The Kier molecular flexibility index (Phi) is 3.53. The third-order valence-corrected chi connectivity index (χ3v) is 4.67. The molecule has 1 amide bonds. The van der Waals surface area contributed by atoms with Crippen LogP contribution in [-0.4, -0.2) is 41.1 Å². The average molecular weight is 314 g/mol. The van der Waals surface area contributed by atoms with Gasteiger partial charge in [-0.2, -0.15) is 0 Å². The van der Waals surface area contributed by atoms with Gasteiger partial charge in [-0.25, -0.2) is 0 Å². The van der Waals surface area contributed by atoms with Crippen LogP contribution in [0.15, 0.2) is 39.7 Å². The van der Waals surface area contributed by atoms with E-state index in [4.69, 9.17) is 9.15 Å². The number of amides is 1. The molecule has 4 rings (SSSR count). The van der Waals surface area contributed by atoms with Gasteiger partial charge in [0.1, 0.15) is 11.3 Å². The summed E-state index contributed by atoms with van der Waals surface area (Å²) in [6.07, 6.45) is 4.66. The van der Waals surface area contributed by atoms with E-state index < -0.39 is 0 Å². The van der Waals surface area contributed by atoms with E-state index in [0.717, 1.165) is 19.3 Å². The largest absolute Gasteiger partial charge is 0.463 e. The lowest BCUT2D eigenvalue weighted by Crippen LogP contribution is -2.52. The summed E-state index contributed by atoms with van der Waals surface area (Å²) in [5.74, 6) is 0.362. The molecule has 6 nitrogen and oxygen atoms in total. The molecule has 1 N–H and O–H groups in total. The summed E-state index contributed by atoms with van der Waals surface area (Å²) in [6.45, 7) is 1.08. The minimum Gasteiger partial charge on any atom is -0.463 e. The molecule has 2 atom stereocenters. The number of carbonyl (C=O) groups is 1. The molecule has 0 spiro atoms. The summed E-state index contributed by atoms with van der Waals surface area (Å²) in [6, 6.07) is 6.90. The Bertz CT molecular complexity index is 765. The van der Waals surface area contributed by atoms with Gasteiger partial charge in [-0.05, 0) is 43.5 Å². The molecule has 0 radical (unpaired) electrons. The number of pyridine rings is 1. The van der Waals surface area contributed by atoms with Crippen LogP contribution in [0.5, 0.6) is 0 Å². The molecular formula is C17H18N2O4. The molecule has 2 aromatic heterocycles. The van der Waals surface area contributed by atoms with Crippen molar-refractivity contribution >= 4 is 5.91 Å². The Balaban J connectivity index is 1.62. The van der Waals surface area contributed by atoms with Crippen LogP contribution in [0.2, 0.25) is 0 Å². The van der Waals surface area contributed by atoms with Crippen molar-refractivity contribution in [3.8, 4) is 11.5 Å². The number of morpholine rings is 1. The first-order chi connectivity index (χ1) is 11.2. The molecule has 0 aromatic carbocycles. The van der Waals surface area contributed by atoms with E-state index in [0.29, 0.717) is 24.6 Å². The zero-order chi connectivity index (χ0) is 15.8.